The lowest BCUT2D eigenvalue weighted by Crippen LogP contribution is -2.15. The Kier molecular flexibility index (Phi) is 7.16. The summed E-state index contributed by atoms with van der Waals surface area (Å²) >= 11 is 6.00. The second-order valence-corrected chi connectivity index (χ2v) is 8.40. The number of nitrogens with one attached hydrogen (secondary N) is 2. The van der Waals surface area contributed by atoms with Crippen LogP contribution < -0.4 is 19.5 Å². The Morgan fingerprint density at radius 3 is 2.44 bits per heavy atom. The number of anilines is 2. The molecule has 7 nitrogen and oxygen atoms in total. The number of carbonyl (C=O) groups is 1. The van der Waals surface area contributed by atoms with Crippen molar-refractivity contribution in [3.8, 4) is 11.5 Å². The molecule has 0 aliphatic rings. The Morgan fingerprint density at radius 2 is 1.75 bits per heavy atom. The van der Waals surface area contributed by atoms with E-state index in [0.717, 1.165) is 0 Å². The van der Waals surface area contributed by atoms with Crippen LogP contribution in [0.3, 0.4) is 0 Å². The van der Waals surface area contributed by atoms with Gasteiger partial charge in [-0.05, 0) is 48.5 Å². The number of carbonyl (C=O) groups excluding carboxylic acids is 1. The molecular formula is C21H17ClF2N2O5S. The van der Waals surface area contributed by atoms with Gasteiger partial charge in [-0.25, -0.2) is 8.42 Å². The molecule has 3 aromatic carbocycles. The van der Waals surface area contributed by atoms with Crippen LogP contribution in [0.25, 0.3) is 0 Å². The average Bonchev–Trinajstić information content (AvgIpc) is 2.75. The Labute approximate surface area is 188 Å². The number of ether oxygens (including phenoxy) is 2. The molecule has 11 heteroatoms. The smallest absolute Gasteiger partial charge is 0.387 e. The first kappa shape index (κ1) is 23.3. The van der Waals surface area contributed by atoms with Crippen molar-refractivity contribution in [3.05, 3.63) is 77.3 Å². The second-order valence-electron chi connectivity index (χ2n) is 6.31. The minimum absolute atomic E-state index is 0.0572. The van der Waals surface area contributed by atoms with Crippen LogP contribution in [0.15, 0.2) is 71.6 Å². The fraction of sp³-hybridized carbons (Fsp3) is 0.0952. The van der Waals surface area contributed by atoms with Crippen molar-refractivity contribution in [2.45, 2.75) is 11.5 Å². The van der Waals surface area contributed by atoms with Gasteiger partial charge in [0.2, 0.25) is 0 Å². The first-order chi connectivity index (χ1) is 15.2. The number of halogens is 3. The van der Waals surface area contributed by atoms with Gasteiger partial charge in [-0.15, -0.1) is 0 Å². The highest BCUT2D eigenvalue weighted by Crippen LogP contribution is 2.30. The summed E-state index contributed by atoms with van der Waals surface area (Å²) in [7, 11) is -2.73. The monoisotopic (exact) mass is 482 g/mol. The summed E-state index contributed by atoms with van der Waals surface area (Å²) in [5.41, 5.74) is 0.497. The topological polar surface area (TPSA) is 93.7 Å². The highest BCUT2D eigenvalue weighted by atomic mass is 35.5. The van der Waals surface area contributed by atoms with Gasteiger partial charge < -0.3 is 14.8 Å². The van der Waals surface area contributed by atoms with E-state index in [1.165, 1.54) is 55.6 Å². The zero-order valence-corrected chi connectivity index (χ0v) is 18.1. The van der Waals surface area contributed by atoms with E-state index in [0.29, 0.717) is 0 Å². The van der Waals surface area contributed by atoms with Crippen molar-refractivity contribution in [3.63, 3.8) is 0 Å². The van der Waals surface area contributed by atoms with Crippen molar-refractivity contribution in [1.82, 2.24) is 0 Å². The Morgan fingerprint density at radius 1 is 1.00 bits per heavy atom. The first-order valence-corrected chi connectivity index (χ1v) is 10.9. The van der Waals surface area contributed by atoms with Crippen LogP contribution in [0.5, 0.6) is 11.5 Å². The molecule has 3 rings (SSSR count). The molecule has 0 saturated heterocycles. The highest BCUT2D eigenvalue weighted by Gasteiger charge is 2.18. The highest BCUT2D eigenvalue weighted by molar-refractivity contribution is 7.92. The lowest BCUT2D eigenvalue weighted by atomic mass is 10.2. The molecule has 1 amide bonds. The molecule has 3 aromatic rings. The van der Waals surface area contributed by atoms with Gasteiger partial charge in [0.1, 0.15) is 0 Å². The quantitative estimate of drug-likeness (QED) is 0.471. The number of hydrogen-bond donors (Lipinski definition) is 2. The second kappa shape index (κ2) is 9.84. The van der Waals surface area contributed by atoms with E-state index in [2.05, 4.69) is 14.8 Å². The maximum atomic E-state index is 12.7. The van der Waals surface area contributed by atoms with E-state index in [4.69, 9.17) is 16.3 Å². The lowest BCUT2D eigenvalue weighted by Gasteiger charge is -2.13. The number of methoxy groups -OCH3 is 1. The average molecular weight is 483 g/mol. The summed E-state index contributed by atoms with van der Waals surface area (Å²) in [4.78, 5) is 12.5. The molecule has 0 aliphatic carbocycles. The summed E-state index contributed by atoms with van der Waals surface area (Å²) in [5, 5.41) is 2.79. The van der Waals surface area contributed by atoms with Crippen molar-refractivity contribution >= 4 is 38.9 Å². The Hall–Kier alpha value is -3.37. The number of alkyl halides is 2. The van der Waals surface area contributed by atoms with E-state index in [1.54, 1.807) is 18.2 Å². The van der Waals surface area contributed by atoms with Crippen molar-refractivity contribution in [1.29, 1.82) is 0 Å². The van der Waals surface area contributed by atoms with Gasteiger partial charge in [-0.2, -0.15) is 8.78 Å². The molecule has 0 aliphatic heterocycles. The van der Waals surface area contributed by atoms with E-state index < -0.39 is 22.5 Å². The zero-order valence-electron chi connectivity index (χ0n) is 16.5. The molecule has 0 atom stereocenters. The summed E-state index contributed by atoms with van der Waals surface area (Å²) < 4.78 is 62.0. The Bertz CT molecular complexity index is 1240. The SMILES string of the molecule is COc1cc(C(=O)Nc2cccc(S(=O)(=O)Nc3ccccc3Cl)c2)ccc1OC(F)F. The number of hydrogen-bond acceptors (Lipinski definition) is 5. The molecule has 0 bridgehead atoms. The van der Waals surface area contributed by atoms with Crippen LogP contribution >= 0.6 is 11.6 Å². The molecule has 0 heterocycles. The number of sulfonamides is 1. The third-order valence-electron chi connectivity index (χ3n) is 4.16. The summed E-state index contributed by atoms with van der Waals surface area (Å²) in [6.07, 6.45) is 0. The minimum atomic E-state index is -3.98. The molecule has 0 spiro atoms. The summed E-state index contributed by atoms with van der Waals surface area (Å²) in [6.45, 7) is -3.05. The minimum Gasteiger partial charge on any atom is -0.493 e. The van der Waals surface area contributed by atoms with E-state index in [9.17, 15) is 22.0 Å². The molecule has 168 valence electrons. The van der Waals surface area contributed by atoms with Gasteiger partial charge >= 0.3 is 6.61 Å². The van der Waals surface area contributed by atoms with Gasteiger partial charge in [0, 0.05) is 11.3 Å². The van der Waals surface area contributed by atoms with Crippen molar-refractivity contribution in [2.24, 2.45) is 0 Å². The molecule has 0 radical (unpaired) electrons. The molecule has 0 saturated carbocycles. The molecule has 0 fully saturated rings. The maximum absolute atomic E-state index is 12.7. The normalized spacial score (nSPS) is 11.2. The summed E-state index contributed by atoms with van der Waals surface area (Å²) in [6, 6.07) is 15.6. The maximum Gasteiger partial charge on any atom is 0.387 e. The molecule has 0 aromatic heterocycles. The van der Waals surface area contributed by atoms with Gasteiger partial charge in [-0.1, -0.05) is 29.8 Å². The number of rotatable bonds is 8. The molecular weight excluding hydrogens is 466 g/mol. The van der Waals surface area contributed by atoms with E-state index in [-0.39, 0.29) is 38.4 Å². The van der Waals surface area contributed by atoms with Crippen LogP contribution in [-0.2, 0) is 10.0 Å². The van der Waals surface area contributed by atoms with Gasteiger partial charge in [0.25, 0.3) is 15.9 Å². The van der Waals surface area contributed by atoms with E-state index >= 15 is 0 Å². The zero-order chi connectivity index (χ0) is 23.3. The number of para-hydroxylation sites is 1. The first-order valence-electron chi connectivity index (χ1n) is 9.01. The molecule has 2 N–H and O–H groups in total. The van der Waals surface area contributed by atoms with Crippen LogP contribution in [0, 0.1) is 0 Å². The molecule has 32 heavy (non-hydrogen) atoms. The molecule has 0 unspecified atom stereocenters. The third-order valence-corrected chi connectivity index (χ3v) is 5.86. The Balaban J connectivity index is 1.80. The largest absolute Gasteiger partial charge is 0.493 e. The van der Waals surface area contributed by atoms with E-state index in [1.807, 2.05) is 0 Å². The lowest BCUT2D eigenvalue weighted by molar-refractivity contribution is -0.0512. The van der Waals surface area contributed by atoms with Crippen molar-refractivity contribution in [2.75, 3.05) is 17.1 Å². The third kappa shape index (κ3) is 5.65. The van der Waals surface area contributed by atoms with Gasteiger partial charge in [0.15, 0.2) is 11.5 Å². The predicted octanol–water partition coefficient (Wildman–Crippen LogP) is 5.00. The fourth-order valence-electron chi connectivity index (χ4n) is 2.69. The van der Waals surface area contributed by atoms with Crippen LogP contribution in [0.4, 0.5) is 20.2 Å². The number of benzene rings is 3. The van der Waals surface area contributed by atoms with Crippen LogP contribution in [0.1, 0.15) is 10.4 Å². The standard InChI is InChI=1S/C21H17ClF2N2O5S/c1-30-19-11-13(9-10-18(19)31-21(23)24)20(27)25-14-5-4-6-15(12-14)32(28,29)26-17-8-3-2-7-16(17)22/h2-12,21,26H,1H3,(H,25,27). The fourth-order valence-corrected chi connectivity index (χ4v) is 4.06. The van der Waals surface area contributed by atoms with Gasteiger partial charge in [-0.3, -0.25) is 9.52 Å². The summed E-state index contributed by atoms with van der Waals surface area (Å²) in [5.74, 6) is -0.892. The van der Waals surface area contributed by atoms with Crippen LogP contribution in [-0.4, -0.2) is 28.0 Å². The van der Waals surface area contributed by atoms with Crippen LogP contribution in [0.2, 0.25) is 5.02 Å². The predicted molar refractivity (Wildman–Crippen MR) is 116 cm³/mol. The number of amides is 1. The van der Waals surface area contributed by atoms with Gasteiger partial charge in [0.05, 0.1) is 22.7 Å². The van der Waals surface area contributed by atoms with Crippen molar-refractivity contribution < 1.29 is 31.5 Å².